The molecular formula is C19H18ClNO4. The van der Waals surface area contributed by atoms with Crippen LogP contribution in [0.5, 0.6) is 0 Å². The van der Waals surface area contributed by atoms with Crippen LogP contribution in [0.2, 0.25) is 5.02 Å². The molecule has 0 saturated carbocycles. The quantitative estimate of drug-likeness (QED) is 0.859. The summed E-state index contributed by atoms with van der Waals surface area (Å²) in [7, 11) is 0. The number of fused-ring (bicyclic) bond motifs is 1. The topological polar surface area (TPSA) is 75.6 Å². The molecule has 0 fully saturated rings. The lowest BCUT2D eigenvalue weighted by Gasteiger charge is -2.27. The summed E-state index contributed by atoms with van der Waals surface area (Å²) >= 11 is 5.88. The number of carboxylic acids is 1. The fourth-order valence-corrected chi connectivity index (χ4v) is 3.11. The van der Waals surface area contributed by atoms with Crippen LogP contribution in [0.3, 0.4) is 0 Å². The Morgan fingerprint density at radius 3 is 2.64 bits per heavy atom. The van der Waals surface area contributed by atoms with E-state index >= 15 is 0 Å². The Morgan fingerprint density at radius 2 is 1.92 bits per heavy atom. The smallest absolute Gasteiger partial charge is 0.305 e. The van der Waals surface area contributed by atoms with Crippen molar-refractivity contribution in [2.75, 3.05) is 6.61 Å². The second kappa shape index (κ2) is 7.68. The van der Waals surface area contributed by atoms with Crippen LogP contribution < -0.4 is 5.32 Å². The number of hydrogen-bond acceptors (Lipinski definition) is 3. The molecular weight excluding hydrogens is 342 g/mol. The third kappa shape index (κ3) is 4.18. The molecule has 130 valence electrons. The van der Waals surface area contributed by atoms with Crippen molar-refractivity contribution in [1.82, 2.24) is 5.32 Å². The lowest BCUT2D eigenvalue weighted by atomic mass is 9.96. The number of carbonyl (C=O) groups is 2. The lowest BCUT2D eigenvalue weighted by Crippen LogP contribution is -2.37. The van der Waals surface area contributed by atoms with E-state index in [0.717, 1.165) is 17.5 Å². The largest absolute Gasteiger partial charge is 0.481 e. The number of carboxylic acid groups (broad SMARTS) is 1. The van der Waals surface area contributed by atoms with Gasteiger partial charge in [-0.25, -0.2) is 0 Å². The Hall–Kier alpha value is -2.37. The standard InChI is InChI=1S/C19H18ClNO4/c20-14-7-5-13(6-8-14)16(11-17(22)23)21-19(24)18-15-4-2-1-3-12(15)9-10-25-18/h1-8,16,18H,9-11H2,(H,21,24)(H,22,23)/t16-,18?/m0/s1. The van der Waals surface area contributed by atoms with Gasteiger partial charge in [-0.15, -0.1) is 0 Å². The molecule has 2 N–H and O–H groups in total. The Morgan fingerprint density at radius 1 is 1.20 bits per heavy atom. The molecule has 0 aromatic heterocycles. The van der Waals surface area contributed by atoms with Crippen LogP contribution in [0.25, 0.3) is 0 Å². The molecule has 2 aromatic rings. The highest BCUT2D eigenvalue weighted by Gasteiger charge is 2.29. The average Bonchev–Trinajstić information content (AvgIpc) is 2.61. The predicted molar refractivity (Wildman–Crippen MR) is 93.4 cm³/mol. The third-order valence-electron chi connectivity index (χ3n) is 4.20. The Balaban J connectivity index is 1.81. The summed E-state index contributed by atoms with van der Waals surface area (Å²) in [5.74, 6) is -1.33. The van der Waals surface area contributed by atoms with Gasteiger partial charge in [-0.1, -0.05) is 48.0 Å². The lowest BCUT2D eigenvalue weighted by molar-refractivity contribution is -0.139. The summed E-state index contributed by atoms with van der Waals surface area (Å²) in [5, 5.41) is 12.5. The van der Waals surface area contributed by atoms with Crippen LogP contribution in [-0.4, -0.2) is 23.6 Å². The molecule has 0 radical (unpaired) electrons. The SMILES string of the molecule is O=C(O)C[C@H](NC(=O)C1OCCc2ccccc21)c1ccc(Cl)cc1. The highest BCUT2D eigenvalue weighted by Crippen LogP contribution is 2.28. The number of benzene rings is 2. The van der Waals surface area contributed by atoms with E-state index in [1.54, 1.807) is 24.3 Å². The van der Waals surface area contributed by atoms with Crippen molar-refractivity contribution in [3.05, 3.63) is 70.2 Å². The number of nitrogens with one attached hydrogen (secondary N) is 1. The van der Waals surface area contributed by atoms with Crippen molar-refractivity contribution in [3.8, 4) is 0 Å². The summed E-state index contributed by atoms with van der Waals surface area (Å²) in [5.41, 5.74) is 2.59. The van der Waals surface area contributed by atoms with Crippen LogP contribution in [0.4, 0.5) is 0 Å². The fourth-order valence-electron chi connectivity index (χ4n) is 2.98. The fraction of sp³-hybridized carbons (Fsp3) is 0.263. The maximum absolute atomic E-state index is 12.7. The van der Waals surface area contributed by atoms with Crippen LogP contribution in [0, 0.1) is 0 Å². The average molecular weight is 360 g/mol. The van der Waals surface area contributed by atoms with Gasteiger partial charge in [0.1, 0.15) is 0 Å². The molecule has 3 rings (SSSR count). The summed E-state index contributed by atoms with van der Waals surface area (Å²) in [6, 6.07) is 13.8. The Labute approximate surface area is 150 Å². The highest BCUT2D eigenvalue weighted by molar-refractivity contribution is 6.30. The normalized spacial score (nSPS) is 17.4. The number of rotatable bonds is 5. The zero-order valence-corrected chi connectivity index (χ0v) is 14.2. The molecule has 2 atom stereocenters. The van der Waals surface area contributed by atoms with Gasteiger partial charge in [0.2, 0.25) is 0 Å². The first kappa shape index (κ1) is 17.5. The molecule has 25 heavy (non-hydrogen) atoms. The molecule has 1 heterocycles. The predicted octanol–water partition coefficient (Wildman–Crippen LogP) is 3.29. The van der Waals surface area contributed by atoms with Gasteiger partial charge in [0.05, 0.1) is 19.1 Å². The second-order valence-corrected chi connectivity index (χ2v) is 6.35. The molecule has 1 unspecified atom stereocenters. The molecule has 0 saturated heterocycles. The number of ether oxygens (including phenoxy) is 1. The van der Waals surface area contributed by atoms with E-state index in [1.807, 2.05) is 24.3 Å². The summed E-state index contributed by atoms with van der Waals surface area (Å²) in [4.78, 5) is 23.9. The van der Waals surface area contributed by atoms with Crippen LogP contribution in [-0.2, 0) is 20.7 Å². The van der Waals surface area contributed by atoms with Crippen LogP contribution in [0.15, 0.2) is 48.5 Å². The minimum Gasteiger partial charge on any atom is -0.481 e. The van der Waals surface area contributed by atoms with E-state index in [-0.39, 0.29) is 12.3 Å². The molecule has 0 aliphatic carbocycles. The molecule has 1 amide bonds. The van der Waals surface area contributed by atoms with Gasteiger partial charge in [0.15, 0.2) is 6.10 Å². The Kier molecular flexibility index (Phi) is 5.36. The zero-order chi connectivity index (χ0) is 17.8. The molecule has 5 nitrogen and oxygen atoms in total. The van der Waals surface area contributed by atoms with Crippen molar-refractivity contribution in [3.63, 3.8) is 0 Å². The van der Waals surface area contributed by atoms with Gasteiger partial charge < -0.3 is 15.2 Å². The van der Waals surface area contributed by atoms with Gasteiger partial charge in [-0.2, -0.15) is 0 Å². The molecule has 2 aromatic carbocycles. The van der Waals surface area contributed by atoms with E-state index in [2.05, 4.69) is 5.32 Å². The maximum atomic E-state index is 12.7. The van der Waals surface area contributed by atoms with Gasteiger partial charge in [0.25, 0.3) is 5.91 Å². The first-order valence-electron chi connectivity index (χ1n) is 8.01. The Bertz CT molecular complexity index is 775. The molecule has 1 aliphatic heterocycles. The van der Waals surface area contributed by atoms with E-state index in [4.69, 9.17) is 16.3 Å². The van der Waals surface area contributed by atoms with Gasteiger partial charge in [-0.3, -0.25) is 9.59 Å². The van der Waals surface area contributed by atoms with Gasteiger partial charge in [0, 0.05) is 5.02 Å². The first-order chi connectivity index (χ1) is 12.0. The van der Waals surface area contributed by atoms with E-state index < -0.39 is 18.1 Å². The monoisotopic (exact) mass is 359 g/mol. The van der Waals surface area contributed by atoms with Crippen molar-refractivity contribution in [2.45, 2.75) is 25.0 Å². The van der Waals surface area contributed by atoms with Gasteiger partial charge >= 0.3 is 5.97 Å². The molecule has 1 aliphatic rings. The van der Waals surface area contributed by atoms with E-state index in [1.165, 1.54) is 0 Å². The maximum Gasteiger partial charge on any atom is 0.305 e. The van der Waals surface area contributed by atoms with E-state index in [9.17, 15) is 14.7 Å². The van der Waals surface area contributed by atoms with E-state index in [0.29, 0.717) is 17.2 Å². The van der Waals surface area contributed by atoms with Gasteiger partial charge in [-0.05, 0) is 35.2 Å². The molecule has 0 spiro atoms. The van der Waals surface area contributed by atoms with Crippen molar-refractivity contribution in [1.29, 1.82) is 0 Å². The number of hydrogen-bond donors (Lipinski definition) is 2. The summed E-state index contributed by atoms with van der Waals surface area (Å²) in [6.45, 7) is 0.458. The van der Waals surface area contributed by atoms with Crippen molar-refractivity contribution < 1.29 is 19.4 Å². The number of amides is 1. The number of aliphatic carboxylic acids is 1. The number of halogens is 1. The highest BCUT2D eigenvalue weighted by atomic mass is 35.5. The number of carbonyl (C=O) groups excluding carboxylic acids is 1. The minimum atomic E-state index is -0.995. The molecule has 0 bridgehead atoms. The van der Waals surface area contributed by atoms with Crippen LogP contribution >= 0.6 is 11.6 Å². The van der Waals surface area contributed by atoms with Crippen LogP contribution in [0.1, 0.15) is 35.3 Å². The zero-order valence-electron chi connectivity index (χ0n) is 13.4. The summed E-state index contributed by atoms with van der Waals surface area (Å²) < 4.78 is 5.65. The van der Waals surface area contributed by atoms with Crippen molar-refractivity contribution >= 4 is 23.5 Å². The first-order valence-corrected chi connectivity index (χ1v) is 8.39. The second-order valence-electron chi connectivity index (χ2n) is 5.91. The molecule has 6 heteroatoms. The minimum absolute atomic E-state index is 0.220. The third-order valence-corrected chi connectivity index (χ3v) is 4.45. The summed E-state index contributed by atoms with van der Waals surface area (Å²) in [6.07, 6.45) is -0.189. The van der Waals surface area contributed by atoms with Crippen molar-refractivity contribution in [2.24, 2.45) is 0 Å².